The quantitative estimate of drug-likeness (QED) is 0.686. The predicted octanol–water partition coefficient (Wildman–Crippen LogP) is 0.846. The molecule has 2 aromatic heterocycles. The highest BCUT2D eigenvalue weighted by atomic mass is 16.5. The Hall–Kier alpha value is -2.24. The van der Waals surface area contributed by atoms with Crippen molar-refractivity contribution in [1.29, 1.82) is 0 Å². The lowest BCUT2D eigenvalue weighted by atomic mass is 10.3. The van der Waals surface area contributed by atoms with Crippen molar-refractivity contribution < 1.29 is 4.52 Å². The molecule has 2 aromatic rings. The van der Waals surface area contributed by atoms with Gasteiger partial charge in [0.15, 0.2) is 5.76 Å². The van der Waals surface area contributed by atoms with Gasteiger partial charge in [0.25, 0.3) is 0 Å². The van der Waals surface area contributed by atoms with Crippen molar-refractivity contribution in [3.8, 4) is 0 Å². The zero-order valence-corrected chi connectivity index (χ0v) is 7.97. The van der Waals surface area contributed by atoms with Crippen molar-refractivity contribution in [2.75, 3.05) is 16.8 Å². The molecule has 0 amide bonds. The Morgan fingerprint density at radius 1 is 1.27 bits per heavy atom. The average Bonchev–Trinajstić information content (AvgIpc) is 2.73. The monoisotopic (exact) mass is 205 g/mol. The molecule has 78 valence electrons. The lowest BCUT2D eigenvalue weighted by molar-refractivity contribution is 0.388. The number of nitrogens with one attached hydrogen (secondary N) is 1. The van der Waals surface area contributed by atoms with Gasteiger partial charge in [-0.3, -0.25) is 0 Å². The molecular weight excluding hydrogens is 194 g/mol. The Balaban J connectivity index is 2.02. The van der Waals surface area contributed by atoms with Gasteiger partial charge in [-0.2, -0.15) is 0 Å². The fourth-order valence-electron chi connectivity index (χ4n) is 1.10. The van der Waals surface area contributed by atoms with E-state index in [0.717, 1.165) is 5.76 Å². The van der Waals surface area contributed by atoms with Crippen molar-refractivity contribution >= 4 is 17.3 Å². The van der Waals surface area contributed by atoms with Crippen molar-refractivity contribution in [2.24, 2.45) is 0 Å². The van der Waals surface area contributed by atoms with E-state index in [1.165, 1.54) is 0 Å². The van der Waals surface area contributed by atoms with Crippen LogP contribution in [0.3, 0.4) is 0 Å². The van der Waals surface area contributed by atoms with E-state index in [4.69, 9.17) is 16.0 Å². The van der Waals surface area contributed by atoms with Crippen LogP contribution in [0.1, 0.15) is 5.76 Å². The summed E-state index contributed by atoms with van der Waals surface area (Å²) in [6, 6.07) is 5.22. The third-order valence-electron chi connectivity index (χ3n) is 1.89. The summed E-state index contributed by atoms with van der Waals surface area (Å²) in [5.74, 6) is 1.70. The van der Waals surface area contributed by atoms with Crippen molar-refractivity contribution in [1.82, 2.24) is 10.1 Å². The zero-order valence-electron chi connectivity index (χ0n) is 7.97. The molecule has 0 aliphatic heterocycles. The van der Waals surface area contributed by atoms with Crippen LogP contribution in [0.4, 0.5) is 17.3 Å². The van der Waals surface area contributed by atoms with E-state index >= 15 is 0 Å². The van der Waals surface area contributed by atoms with Gasteiger partial charge < -0.3 is 21.3 Å². The zero-order chi connectivity index (χ0) is 10.7. The van der Waals surface area contributed by atoms with Crippen LogP contribution < -0.4 is 16.8 Å². The highest BCUT2D eigenvalue weighted by Crippen LogP contribution is 2.15. The van der Waals surface area contributed by atoms with Crippen LogP contribution in [0, 0.1) is 0 Å². The van der Waals surface area contributed by atoms with Crippen molar-refractivity contribution in [3.05, 3.63) is 30.2 Å². The second kappa shape index (κ2) is 3.87. The van der Waals surface area contributed by atoms with E-state index < -0.39 is 0 Å². The molecule has 0 saturated carbocycles. The number of pyridine rings is 1. The minimum atomic E-state index is 0.317. The van der Waals surface area contributed by atoms with Gasteiger partial charge >= 0.3 is 0 Å². The topological polar surface area (TPSA) is 103 Å². The third kappa shape index (κ3) is 2.16. The SMILES string of the molecule is Nc1ccc(NCc2ccno2)nc1N. The van der Waals surface area contributed by atoms with Crippen molar-refractivity contribution in [3.63, 3.8) is 0 Å². The lowest BCUT2D eigenvalue weighted by Gasteiger charge is -2.05. The van der Waals surface area contributed by atoms with Crippen LogP contribution in [0.5, 0.6) is 0 Å². The summed E-state index contributed by atoms with van der Waals surface area (Å²) in [6.07, 6.45) is 1.59. The van der Waals surface area contributed by atoms with Crippen LogP contribution in [0.15, 0.2) is 28.9 Å². The van der Waals surface area contributed by atoms with E-state index in [1.54, 1.807) is 24.4 Å². The minimum Gasteiger partial charge on any atom is -0.396 e. The van der Waals surface area contributed by atoms with Crippen LogP contribution in [0.25, 0.3) is 0 Å². The molecule has 2 rings (SSSR count). The maximum Gasteiger partial charge on any atom is 0.155 e. The standard InChI is InChI=1S/C9H11N5O/c10-7-1-2-8(14-9(7)11)12-5-6-3-4-13-15-6/h1-4H,5,10H2,(H3,11,12,14). The largest absolute Gasteiger partial charge is 0.396 e. The summed E-state index contributed by atoms with van der Waals surface area (Å²) >= 11 is 0. The maximum atomic E-state index is 5.56. The van der Waals surface area contributed by atoms with Gasteiger partial charge in [-0.05, 0) is 12.1 Å². The molecule has 0 aromatic carbocycles. The van der Waals surface area contributed by atoms with Gasteiger partial charge in [-0.15, -0.1) is 0 Å². The molecule has 0 bridgehead atoms. The van der Waals surface area contributed by atoms with Crippen LogP contribution >= 0.6 is 0 Å². The third-order valence-corrected chi connectivity index (χ3v) is 1.89. The first-order valence-corrected chi connectivity index (χ1v) is 4.41. The molecule has 15 heavy (non-hydrogen) atoms. The first-order chi connectivity index (χ1) is 7.25. The number of anilines is 3. The Morgan fingerprint density at radius 2 is 2.13 bits per heavy atom. The number of hydrogen-bond acceptors (Lipinski definition) is 6. The summed E-state index contributed by atoms with van der Waals surface area (Å²) in [5.41, 5.74) is 11.6. The Bertz CT molecular complexity index is 440. The van der Waals surface area contributed by atoms with Gasteiger partial charge in [0.2, 0.25) is 0 Å². The second-order valence-corrected chi connectivity index (χ2v) is 3.00. The molecule has 6 heteroatoms. The first-order valence-electron chi connectivity index (χ1n) is 4.41. The minimum absolute atomic E-state index is 0.317. The number of nitrogens with two attached hydrogens (primary N) is 2. The van der Waals surface area contributed by atoms with E-state index in [9.17, 15) is 0 Å². The molecular formula is C9H11N5O. The summed E-state index contributed by atoms with van der Waals surface area (Å²) in [4.78, 5) is 4.05. The van der Waals surface area contributed by atoms with Gasteiger partial charge in [-0.1, -0.05) is 5.16 Å². The predicted molar refractivity (Wildman–Crippen MR) is 56.9 cm³/mol. The normalized spacial score (nSPS) is 10.1. The van der Waals surface area contributed by atoms with E-state index in [0.29, 0.717) is 23.9 Å². The molecule has 0 aliphatic rings. The number of nitrogens with zero attached hydrogens (tertiary/aromatic N) is 2. The molecule has 0 spiro atoms. The fourth-order valence-corrected chi connectivity index (χ4v) is 1.10. The molecule has 0 aliphatic carbocycles. The van der Waals surface area contributed by atoms with Crippen LogP contribution in [-0.2, 0) is 6.54 Å². The van der Waals surface area contributed by atoms with E-state index in [-0.39, 0.29) is 0 Å². The highest BCUT2D eigenvalue weighted by molar-refractivity contribution is 5.61. The number of rotatable bonds is 3. The molecule has 5 N–H and O–H groups in total. The van der Waals surface area contributed by atoms with Crippen molar-refractivity contribution in [2.45, 2.75) is 6.54 Å². The average molecular weight is 205 g/mol. The first kappa shape index (κ1) is 9.32. The Kier molecular flexibility index (Phi) is 2.40. The summed E-state index contributed by atoms with van der Waals surface area (Å²) in [5, 5.41) is 6.62. The summed E-state index contributed by atoms with van der Waals surface area (Å²) < 4.78 is 4.91. The summed E-state index contributed by atoms with van der Waals surface area (Å²) in [7, 11) is 0. The van der Waals surface area contributed by atoms with Gasteiger partial charge in [0.05, 0.1) is 18.4 Å². The molecule has 0 radical (unpaired) electrons. The van der Waals surface area contributed by atoms with Gasteiger partial charge in [-0.25, -0.2) is 4.98 Å². The highest BCUT2D eigenvalue weighted by Gasteiger charge is 2.00. The lowest BCUT2D eigenvalue weighted by Crippen LogP contribution is -2.04. The van der Waals surface area contributed by atoms with Gasteiger partial charge in [0, 0.05) is 6.07 Å². The second-order valence-electron chi connectivity index (χ2n) is 3.00. The van der Waals surface area contributed by atoms with Gasteiger partial charge in [0.1, 0.15) is 11.6 Å². The van der Waals surface area contributed by atoms with E-state index in [2.05, 4.69) is 15.5 Å². The number of nitrogen functional groups attached to an aromatic ring is 2. The molecule has 0 fully saturated rings. The maximum absolute atomic E-state index is 5.56. The molecule has 0 atom stereocenters. The summed E-state index contributed by atoms with van der Waals surface area (Å²) in [6.45, 7) is 0.510. The Morgan fingerprint density at radius 3 is 2.80 bits per heavy atom. The molecule has 6 nitrogen and oxygen atoms in total. The molecule has 0 saturated heterocycles. The van der Waals surface area contributed by atoms with E-state index in [1.807, 2.05) is 0 Å². The fraction of sp³-hybridized carbons (Fsp3) is 0.111. The number of hydrogen-bond donors (Lipinski definition) is 3. The molecule has 2 heterocycles. The van der Waals surface area contributed by atoms with Crippen LogP contribution in [0.2, 0.25) is 0 Å². The number of aromatic nitrogens is 2. The van der Waals surface area contributed by atoms with Crippen LogP contribution in [-0.4, -0.2) is 10.1 Å². The molecule has 0 unspecified atom stereocenters. The smallest absolute Gasteiger partial charge is 0.155 e. The Labute approximate surface area is 86.3 Å².